The molecule has 0 aromatic heterocycles. The average Bonchev–Trinajstić information content (AvgIpc) is 2.87. The third kappa shape index (κ3) is 4.06. The fourth-order valence-electron chi connectivity index (χ4n) is 2.86. The summed E-state index contributed by atoms with van der Waals surface area (Å²) in [5.74, 6) is 0.875. The molecule has 2 atom stereocenters. The van der Waals surface area contributed by atoms with E-state index < -0.39 is 6.10 Å². The third-order valence-corrected chi connectivity index (χ3v) is 4.64. The van der Waals surface area contributed by atoms with Crippen LogP contribution in [0.3, 0.4) is 0 Å². The number of likely N-dealkylation sites (tertiary alicyclic amines) is 1. The van der Waals surface area contributed by atoms with E-state index >= 15 is 0 Å². The second-order valence-corrected chi connectivity index (χ2v) is 6.70. The van der Waals surface area contributed by atoms with Gasteiger partial charge in [0.05, 0.1) is 11.6 Å². The molecule has 0 saturated carbocycles. The summed E-state index contributed by atoms with van der Waals surface area (Å²) in [6.07, 6.45) is -0.969. The monoisotopic (exact) mass is 395 g/mol. The smallest absolute Gasteiger partial charge is 0.138 e. The van der Waals surface area contributed by atoms with Crippen molar-refractivity contribution in [2.24, 2.45) is 0 Å². The van der Waals surface area contributed by atoms with Crippen molar-refractivity contribution in [1.29, 1.82) is 0 Å². The average molecular weight is 396 g/mol. The van der Waals surface area contributed by atoms with Gasteiger partial charge in [0.25, 0.3) is 0 Å². The first-order valence-corrected chi connectivity index (χ1v) is 8.49. The Bertz CT molecular complexity index is 712. The van der Waals surface area contributed by atoms with Gasteiger partial charge in [0.2, 0.25) is 0 Å². The normalized spacial score (nSPS) is 21.0. The molecule has 6 heteroatoms. The first kappa shape index (κ1) is 17.2. The van der Waals surface area contributed by atoms with Gasteiger partial charge in [-0.1, -0.05) is 12.1 Å². The number of methoxy groups -OCH3 is 1. The Morgan fingerprint density at radius 3 is 2.79 bits per heavy atom. The lowest BCUT2D eigenvalue weighted by molar-refractivity contribution is 0.0734. The maximum absolute atomic E-state index is 13.2. The molecule has 3 rings (SSSR count). The second-order valence-electron chi connectivity index (χ2n) is 5.84. The topological polar surface area (TPSA) is 41.9 Å². The molecule has 1 saturated heterocycles. The van der Waals surface area contributed by atoms with Crippen LogP contribution in [0.25, 0.3) is 0 Å². The van der Waals surface area contributed by atoms with Gasteiger partial charge < -0.3 is 14.6 Å². The molecule has 2 aromatic rings. The number of halogens is 2. The van der Waals surface area contributed by atoms with Gasteiger partial charge in [0, 0.05) is 25.7 Å². The Morgan fingerprint density at radius 2 is 2.08 bits per heavy atom. The van der Waals surface area contributed by atoms with Crippen molar-refractivity contribution in [2.75, 3.05) is 20.2 Å². The summed E-state index contributed by atoms with van der Waals surface area (Å²) in [6.45, 7) is 1.80. The summed E-state index contributed by atoms with van der Waals surface area (Å²) >= 11 is 3.48. The third-order valence-electron chi connectivity index (χ3n) is 4.02. The van der Waals surface area contributed by atoms with Crippen LogP contribution in [0.2, 0.25) is 0 Å². The molecular formula is C18H19BrFNO3. The van der Waals surface area contributed by atoms with Crippen molar-refractivity contribution >= 4 is 15.9 Å². The summed E-state index contributed by atoms with van der Waals surface area (Å²) in [6, 6.07) is 11.9. The molecule has 0 aliphatic carbocycles. The molecule has 4 nitrogen and oxygen atoms in total. The van der Waals surface area contributed by atoms with Crippen LogP contribution in [-0.4, -0.2) is 42.4 Å². The minimum atomic E-state index is -0.602. The van der Waals surface area contributed by atoms with Crippen molar-refractivity contribution in [3.05, 3.63) is 58.3 Å². The SMILES string of the molecule is COc1ccc(CN2CC(O)C(Oc3cccc(F)c3)C2)cc1Br. The first-order valence-electron chi connectivity index (χ1n) is 7.70. The summed E-state index contributed by atoms with van der Waals surface area (Å²) < 4.78 is 25.1. The minimum Gasteiger partial charge on any atom is -0.496 e. The molecule has 0 spiro atoms. The van der Waals surface area contributed by atoms with Crippen LogP contribution in [0, 0.1) is 5.82 Å². The lowest BCUT2D eigenvalue weighted by Crippen LogP contribution is -2.29. The Labute approximate surface area is 148 Å². The lowest BCUT2D eigenvalue weighted by Gasteiger charge is -2.17. The molecular weight excluding hydrogens is 377 g/mol. The molecule has 1 aliphatic heterocycles. The maximum atomic E-state index is 13.2. The van der Waals surface area contributed by atoms with Gasteiger partial charge in [-0.2, -0.15) is 0 Å². The van der Waals surface area contributed by atoms with Crippen LogP contribution in [-0.2, 0) is 6.54 Å². The molecule has 128 valence electrons. The van der Waals surface area contributed by atoms with Crippen LogP contribution in [0.15, 0.2) is 46.9 Å². The largest absolute Gasteiger partial charge is 0.496 e. The second kappa shape index (κ2) is 7.51. The lowest BCUT2D eigenvalue weighted by atomic mass is 10.2. The number of β-amino-alcohol motifs (C(OH)–C–C–N with tert-alkyl or cyclic N) is 1. The fourth-order valence-corrected chi connectivity index (χ4v) is 3.45. The number of benzene rings is 2. The van der Waals surface area contributed by atoms with Crippen molar-refractivity contribution in [3.8, 4) is 11.5 Å². The van der Waals surface area contributed by atoms with E-state index in [1.54, 1.807) is 19.2 Å². The number of nitrogens with zero attached hydrogens (tertiary/aromatic N) is 1. The van der Waals surface area contributed by atoms with Crippen molar-refractivity contribution in [1.82, 2.24) is 4.90 Å². The van der Waals surface area contributed by atoms with Gasteiger partial charge in [-0.15, -0.1) is 0 Å². The predicted octanol–water partition coefficient (Wildman–Crippen LogP) is 3.22. The summed E-state index contributed by atoms with van der Waals surface area (Å²) in [5, 5.41) is 10.2. The number of hydrogen-bond acceptors (Lipinski definition) is 4. The van der Waals surface area contributed by atoms with E-state index in [9.17, 15) is 9.50 Å². The molecule has 0 bridgehead atoms. The summed E-state index contributed by atoms with van der Waals surface area (Å²) in [7, 11) is 1.63. The van der Waals surface area contributed by atoms with Crippen LogP contribution >= 0.6 is 15.9 Å². The zero-order valence-corrected chi connectivity index (χ0v) is 14.9. The molecule has 1 fully saturated rings. The van der Waals surface area contributed by atoms with Crippen LogP contribution in [0.5, 0.6) is 11.5 Å². The highest BCUT2D eigenvalue weighted by atomic mass is 79.9. The summed E-state index contributed by atoms with van der Waals surface area (Å²) in [5.41, 5.74) is 1.11. The van der Waals surface area contributed by atoms with Crippen LogP contribution < -0.4 is 9.47 Å². The predicted molar refractivity (Wildman–Crippen MR) is 92.8 cm³/mol. The van der Waals surface area contributed by atoms with E-state index in [0.29, 0.717) is 25.4 Å². The molecule has 1 aliphatic rings. The molecule has 0 amide bonds. The Balaban J connectivity index is 1.62. The van der Waals surface area contributed by atoms with E-state index in [-0.39, 0.29) is 11.9 Å². The highest BCUT2D eigenvalue weighted by molar-refractivity contribution is 9.10. The number of rotatable bonds is 5. The molecule has 2 unspecified atom stereocenters. The van der Waals surface area contributed by atoms with Gasteiger partial charge in [-0.3, -0.25) is 4.90 Å². The van der Waals surface area contributed by atoms with Gasteiger partial charge in [-0.25, -0.2) is 4.39 Å². The van der Waals surface area contributed by atoms with Crippen molar-refractivity contribution in [2.45, 2.75) is 18.8 Å². The molecule has 1 N–H and O–H groups in total. The quantitative estimate of drug-likeness (QED) is 0.843. The number of hydrogen-bond donors (Lipinski definition) is 1. The Morgan fingerprint density at radius 1 is 1.25 bits per heavy atom. The summed E-state index contributed by atoms with van der Waals surface area (Å²) in [4.78, 5) is 2.11. The highest BCUT2D eigenvalue weighted by Gasteiger charge is 2.33. The fraction of sp³-hybridized carbons (Fsp3) is 0.333. The molecule has 1 heterocycles. The van der Waals surface area contributed by atoms with E-state index in [4.69, 9.17) is 9.47 Å². The maximum Gasteiger partial charge on any atom is 0.138 e. The highest BCUT2D eigenvalue weighted by Crippen LogP contribution is 2.27. The number of ether oxygens (including phenoxy) is 2. The number of aliphatic hydroxyl groups excluding tert-OH is 1. The first-order chi connectivity index (χ1) is 11.5. The van der Waals surface area contributed by atoms with Gasteiger partial charge >= 0.3 is 0 Å². The number of aliphatic hydroxyl groups is 1. The van der Waals surface area contributed by atoms with E-state index in [0.717, 1.165) is 15.8 Å². The van der Waals surface area contributed by atoms with Gasteiger partial charge in [0.1, 0.15) is 29.5 Å². The Kier molecular flexibility index (Phi) is 5.38. The van der Waals surface area contributed by atoms with Crippen molar-refractivity contribution < 1.29 is 19.0 Å². The molecule has 2 aromatic carbocycles. The van der Waals surface area contributed by atoms with E-state index in [1.165, 1.54) is 12.1 Å². The van der Waals surface area contributed by atoms with E-state index in [1.807, 2.05) is 18.2 Å². The zero-order chi connectivity index (χ0) is 17.1. The molecule has 0 radical (unpaired) electrons. The van der Waals surface area contributed by atoms with Crippen molar-refractivity contribution in [3.63, 3.8) is 0 Å². The van der Waals surface area contributed by atoms with Gasteiger partial charge in [-0.05, 0) is 45.8 Å². The zero-order valence-electron chi connectivity index (χ0n) is 13.3. The Hall–Kier alpha value is -1.63. The van der Waals surface area contributed by atoms with E-state index in [2.05, 4.69) is 20.8 Å². The van der Waals surface area contributed by atoms with Gasteiger partial charge in [0.15, 0.2) is 0 Å². The minimum absolute atomic E-state index is 0.347. The van der Waals surface area contributed by atoms with Crippen LogP contribution in [0.1, 0.15) is 5.56 Å². The molecule has 24 heavy (non-hydrogen) atoms. The van der Waals surface area contributed by atoms with Crippen LogP contribution in [0.4, 0.5) is 4.39 Å². The standard InChI is InChI=1S/C18H19BrFNO3/c1-23-17-6-5-12(7-15(17)19)9-21-10-16(22)18(11-21)24-14-4-2-3-13(20)8-14/h2-8,16,18,22H,9-11H2,1H3.